The number of imide groups is 1. The second kappa shape index (κ2) is 8.12. The molecule has 33 heavy (non-hydrogen) atoms. The van der Waals surface area contributed by atoms with Crippen molar-refractivity contribution in [1.29, 1.82) is 0 Å². The van der Waals surface area contributed by atoms with Crippen LogP contribution < -0.4 is 0 Å². The summed E-state index contributed by atoms with van der Waals surface area (Å²) in [6.45, 7) is 1.29. The summed E-state index contributed by atoms with van der Waals surface area (Å²) in [4.78, 5) is 48.2. The Bertz CT molecular complexity index is 1230. The van der Waals surface area contributed by atoms with E-state index in [0.717, 1.165) is 12.1 Å². The van der Waals surface area contributed by atoms with Gasteiger partial charge in [-0.3, -0.25) is 19.2 Å². The molecule has 0 fully saturated rings. The highest BCUT2D eigenvalue weighted by Gasteiger charge is 2.52. The number of ether oxygens (including phenoxy) is 1. The maximum Gasteiger partial charge on any atom is 0.525 e. The van der Waals surface area contributed by atoms with Gasteiger partial charge >= 0.3 is 27.6 Å². The molecule has 14 heteroatoms. The predicted octanol–water partition coefficient (Wildman–Crippen LogP) is 2.03. The molecule has 1 unspecified atom stereocenters. The second-order valence-electron chi connectivity index (χ2n) is 7.09. The topological polar surface area (TPSA) is 144 Å². The number of hydrogen-bond donors (Lipinski definition) is 1. The third-order valence-electron chi connectivity index (χ3n) is 4.55. The molecule has 1 aromatic rings. The van der Waals surface area contributed by atoms with Gasteiger partial charge in [-0.15, -0.1) is 9.35 Å². The van der Waals surface area contributed by atoms with E-state index in [-0.39, 0.29) is 16.7 Å². The maximum atomic E-state index is 12.9. The number of rotatable bonds is 6. The van der Waals surface area contributed by atoms with E-state index in [1.165, 1.54) is 31.2 Å². The summed E-state index contributed by atoms with van der Waals surface area (Å²) in [5, 5.41) is 8.16. The van der Waals surface area contributed by atoms with Gasteiger partial charge in [-0.05, 0) is 30.7 Å². The van der Waals surface area contributed by atoms with E-state index in [0.29, 0.717) is 0 Å². The molecule has 0 bridgehead atoms. The average molecular weight is 489 g/mol. The van der Waals surface area contributed by atoms with E-state index < -0.39 is 68.5 Å². The zero-order valence-corrected chi connectivity index (χ0v) is 17.4. The summed E-state index contributed by atoms with van der Waals surface area (Å²) in [6.07, 6.45) is 2.65. The molecule has 1 N–H and O–H groups in total. The molecule has 0 spiro atoms. The Morgan fingerprint density at radius 3 is 2.42 bits per heavy atom. The van der Waals surface area contributed by atoms with Crippen molar-refractivity contribution in [2.45, 2.75) is 30.9 Å². The highest BCUT2D eigenvalue weighted by Crippen LogP contribution is 2.38. The molecule has 1 aliphatic carbocycles. The lowest BCUT2D eigenvalue weighted by molar-refractivity contribution is -0.153. The van der Waals surface area contributed by atoms with Crippen LogP contribution in [-0.2, 0) is 33.5 Å². The van der Waals surface area contributed by atoms with E-state index in [1.54, 1.807) is 0 Å². The number of carbonyl (C=O) groups is 4. The Kier molecular flexibility index (Phi) is 5.93. The molecule has 0 radical (unpaired) electrons. The summed E-state index contributed by atoms with van der Waals surface area (Å²) < 4.78 is 70.2. The Labute approximate surface area is 183 Å². The number of carboxylic acids is 1. The highest BCUT2D eigenvalue weighted by atomic mass is 32.2. The van der Waals surface area contributed by atoms with Crippen LogP contribution in [0.3, 0.4) is 0 Å². The molecular formula is C19H14F3NO9S. The third kappa shape index (κ3) is 4.66. The minimum atomic E-state index is -6.36. The standard InChI is InChI=1S/C19H14F3NO9S/c1-18(31-14(26)6-5-13(24)25)8-7-10-3-2-4-11-15(10)12(9-18)17(28)23(16(11)27)32-33(29,30)19(20,21)22/h2-4,7-9H,5-6H2,1H3,(H,24,25). The third-order valence-corrected chi connectivity index (χ3v) is 5.47. The van der Waals surface area contributed by atoms with E-state index in [9.17, 15) is 40.8 Å². The fourth-order valence-electron chi connectivity index (χ4n) is 3.11. The fourth-order valence-corrected chi connectivity index (χ4v) is 3.52. The maximum absolute atomic E-state index is 12.9. The minimum absolute atomic E-state index is 0.0293. The zero-order chi connectivity index (χ0) is 24.8. The Balaban J connectivity index is 2.08. The number of carboxylic acid groups (broad SMARTS) is 1. The van der Waals surface area contributed by atoms with Gasteiger partial charge in [-0.25, -0.2) is 0 Å². The number of alkyl halides is 3. The number of benzene rings is 1. The van der Waals surface area contributed by atoms with Gasteiger partial charge in [0.15, 0.2) is 0 Å². The lowest BCUT2D eigenvalue weighted by Gasteiger charge is -2.29. The van der Waals surface area contributed by atoms with Crippen LogP contribution in [-0.4, -0.2) is 53.4 Å². The van der Waals surface area contributed by atoms with Crippen LogP contribution in [0.2, 0.25) is 0 Å². The first-order valence-electron chi connectivity index (χ1n) is 9.04. The van der Waals surface area contributed by atoms with Gasteiger partial charge in [-0.2, -0.15) is 21.6 Å². The lowest BCUT2D eigenvalue weighted by atomic mass is 9.90. The van der Waals surface area contributed by atoms with Crippen molar-refractivity contribution in [2.24, 2.45) is 0 Å². The molecule has 176 valence electrons. The van der Waals surface area contributed by atoms with Crippen molar-refractivity contribution in [3.63, 3.8) is 0 Å². The number of esters is 1. The van der Waals surface area contributed by atoms with Crippen molar-refractivity contribution in [3.05, 3.63) is 47.0 Å². The average Bonchev–Trinajstić information content (AvgIpc) is 2.84. The minimum Gasteiger partial charge on any atom is -0.481 e. The van der Waals surface area contributed by atoms with Crippen molar-refractivity contribution < 1.29 is 54.9 Å². The fraction of sp³-hybridized carbons (Fsp3) is 0.263. The highest BCUT2D eigenvalue weighted by molar-refractivity contribution is 7.87. The summed E-state index contributed by atoms with van der Waals surface area (Å²) in [5.74, 6) is -5.20. The van der Waals surface area contributed by atoms with Crippen LogP contribution >= 0.6 is 0 Å². The van der Waals surface area contributed by atoms with Crippen molar-refractivity contribution in [2.75, 3.05) is 0 Å². The summed E-state index contributed by atoms with van der Waals surface area (Å²) >= 11 is 0. The monoisotopic (exact) mass is 489 g/mol. The van der Waals surface area contributed by atoms with Gasteiger partial charge in [-0.1, -0.05) is 18.2 Å². The molecular weight excluding hydrogens is 475 g/mol. The largest absolute Gasteiger partial charge is 0.525 e. The van der Waals surface area contributed by atoms with E-state index >= 15 is 0 Å². The second-order valence-corrected chi connectivity index (χ2v) is 8.61. The van der Waals surface area contributed by atoms with Crippen LogP contribution in [0.1, 0.15) is 41.3 Å². The molecule has 0 saturated heterocycles. The summed E-state index contributed by atoms with van der Waals surface area (Å²) in [5.41, 5.74) is -8.19. The molecule has 3 rings (SSSR count). The van der Waals surface area contributed by atoms with Gasteiger partial charge in [0.1, 0.15) is 5.60 Å². The summed E-state index contributed by atoms with van der Waals surface area (Å²) in [7, 11) is -6.36. The summed E-state index contributed by atoms with van der Waals surface area (Å²) in [6, 6.07) is 3.94. The number of carbonyl (C=O) groups excluding carboxylic acids is 3. The molecule has 0 saturated carbocycles. The number of hydroxylamine groups is 2. The Hall–Kier alpha value is -3.52. The number of halogens is 3. The van der Waals surface area contributed by atoms with Crippen molar-refractivity contribution in [1.82, 2.24) is 5.06 Å². The number of aliphatic carboxylic acids is 1. The number of nitrogens with zero attached hydrogens (tertiary/aromatic N) is 1. The quantitative estimate of drug-likeness (QED) is 0.360. The normalized spacial score (nSPS) is 20.1. The van der Waals surface area contributed by atoms with Gasteiger partial charge in [0, 0.05) is 5.56 Å². The molecule has 2 amide bonds. The van der Waals surface area contributed by atoms with E-state index in [4.69, 9.17) is 9.84 Å². The molecule has 1 atom stereocenters. The van der Waals surface area contributed by atoms with Crippen LogP contribution in [0.25, 0.3) is 11.6 Å². The van der Waals surface area contributed by atoms with E-state index in [1.807, 2.05) is 0 Å². The molecule has 1 aromatic carbocycles. The van der Waals surface area contributed by atoms with Gasteiger partial charge in [0.25, 0.3) is 11.8 Å². The van der Waals surface area contributed by atoms with Gasteiger partial charge in [0.05, 0.1) is 24.0 Å². The van der Waals surface area contributed by atoms with Crippen LogP contribution in [0.5, 0.6) is 0 Å². The first kappa shape index (κ1) is 24.1. The van der Waals surface area contributed by atoms with Crippen LogP contribution in [0.15, 0.2) is 30.4 Å². The van der Waals surface area contributed by atoms with Gasteiger partial charge in [0.2, 0.25) is 0 Å². The molecule has 1 heterocycles. The SMILES string of the molecule is CC1(OC(=O)CCC(=O)O)C=Cc2cccc3c2C(=C1)C(=O)N(OS(=O)(=O)C(F)(F)F)C3=O. The molecule has 0 aromatic heterocycles. The number of hydrogen-bond acceptors (Lipinski definition) is 8. The van der Waals surface area contributed by atoms with Crippen LogP contribution in [0, 0.1) is 0 Å². The van der Waals surface area contributed by atoms with Crippen LogP contribution in [0.4, 0.5) is 13.2 Å². The van der Waals surface area contributed by atoms with E-state index in [2.05, 4.69) is 4.28 Å². The Morgan fingerprint density at radius 2 is 1.82 bits per heavy atom. The number of amides is 2. The Morgan fingerprint density at radius 1 is 1.15 bits per heavy atom. The lowest BCUT2D eigenvalue weighted by Crippen LogP contribution is -2.45. The van der Waals surface area contributed by atoms with Crippen molar-refractivity contribution >= 4 is 45.5 Å². The van der Waals surface area contributed by atoms with Crippen molar-refractivity contribution in [3.8, 4) is 0 Å². The molecule has 1 aliphatic heterocycles. The first-order valence-corrected chi connectivity index (χ1v) is 10.4. The predicted molar refractivity (Wildman–Crippen MR) is 102 cm³/mol. The first-order chi connectivity index (χ1) is 15.2. The molecule has 10 nitrogen and oxygen atoms in total. The zero-order valence-electron chi connectivity index (χ0n) is 16.6. The smallest absolute Gasteiger partial charge is 0.481 e. The molecule has 2 aliphatic rings. The van der Waals surface area contributed by atoms with Gasteiger partial charge < -0.3 is 9.84 Å².